The van der Waals surface area contributed by atoms with Gasteiger partial charge in [0.15, 0.2) is 0 Å². The van der Waals surface area contributed by atoms with Crippen molar-refractivity contribution in [3.8, 4) is 0 Å². The lowest BCUT2D eigenvalue weighted by atomic mass is 10.0. The Kier molecular flexibility index (Phi) is 4.17. The Labute approximate surface area is 137 Å². The van der Waals surface area contributed by atoms with Crippen molar-refractivity contribution in [2.45, 2.75) is 45.9 Å². The number of aryl methyl sites for hydroxylation is 1. The van der Waals surface area contributed by atoms with Gasteiger partial charge >= 0.3 is 5.97 Å². The molecule has 124 valence electrons. The molecule has 5 heteroatoms. The zero-order valence-corrected chi connectivity index (χ0v) is 14.3. The molecule has 1 aliphatic heterocycles. The molecule has 0 bridgehead atoms. The highest BCUT2D eigenvalue weighted by molar-refractivity contribution is 5.92. The van der Waals surface area contributed by atoms with E-state index in [1.165, 1.54) is 23.8 Å². The van der Waals surface area contributed by atoms with Crippen molar-refractivity contribution in [3.05, 3.63) is 34.5 Å². The van der Waals surface area contributed by atoms with Gasteiger partial charge in [0.25, 0.3) is 0 Å². The molecule has 2 heterocycles. The van der Waals surface area contributed by atoms with Gasteiger partial charge in [0.1, 0.15) is 6.04 Å². The first-order chi connectivity index (χ1) is 11.0. The predicted molar refractivity (Wildman–Crippen MR) is 91.1 cm³/mol. The third kappa shape index (κ3) is 2.54. The van der Waals surface area contributed by atoms with Crippen molar-refractivity contribution in [1.29, 1.82) is 0 Å². The Morgan fingerprint density at radius 2 is 2.00 bits per heavy atom. The molecule has 0 saturated heterocycles. The Hall–Kier alpha value is -1.85. The standard InChI is InChI=1S/C18H25N3O2/c1-5-6-21-11(2)16(17(19)18(22)23-4)14-7-12-9-20(3)10-13(12)8-15(14)21/h7-8,17H,5-6,9-10,19H2,1-4H3. The number of hydrogen-bond donors (Lipinski definition) is 1. The average molecular weight is 315 g/mol. The van der Waals surface area contributed by atoms with E-state index in [1.807, 2.05) is 6.92 Å². The van der Waals surface area contributed by atoms with Crippen LogP contribution in [0.1, 0.15) is 41.8 Å². The number of nitrogens with zero attached hydrogens (tertiary/aromatic N) is 2. The van der Waals surface area contributed by atoms with Crippen LogP contribution in [0.3, 0.4) is 0 Å². The van der Waals surface area contributed by atoms with E-state index in [9.17, 15) is 4.79 Å². The molecule has 1 unspecified atom stereocenters. The summed E-state index contributed by atoms with van der Waals surface area (Å²) in [7, 11) is 3.51. The lowest BCUT2D eigenvalue weighted by Crippen LogP contribution is -2.23. The smallest absolute Gasteiger partial charge is 0.327 e. The Balaban J connectivity index is 2.24. The minimum Gasteiger partial charge on any atom is -0.468 e. The molecule has 1 aliphatic rings. The second-order valence-electron chi connectivity index (χ2n) is 6.46. The molecule has 1 atom stereocenters. The number of rotatable bonds is 4. The van der Waals surface area contributed by atoms with Crippen LogP contribution in [0.4, 0.5) is 0 Å². The van der Waals surface area contributed by atoms with E-state index in [2.05, 4.69) is 35.6 Å². The summed E-state index contributed by atoms with van der Waals surface area (Å²) in [5.74, 6) is -0.388. The fraction of sp³-hybridized carbons (Fsp3) is 0.500. The zero-order valence-electron chi connectivity index (χ0n) is 14.3. The van der Waals surface area contributed by atoms with Crippen molar-refractivity contribution in [2.24, 2.45) is 5.73 Å². The van der Waals surface area contributed by atoms with Crippen molar-refractivity contribution in [1.82, 2.24) is 9.47 Å². The van der Waals surface area contributed by atoms with Crippen molar-refractivity contribution in [2.75, 3.05) is 14.2 Å². The molecule has 0 aliphatic carbocycles. The Bertz CT molecular complexity index is 763. The number of benzene rings is 1. The SMILES string of the molecule is CCCn1c(C)c(C(N)C(=O)OC)c2cc3c(cc21)CN(C)C3. The van der Waals surface area contributed by atoms with E-state index in [-0.39, 0.29) is 5.97 Å². The highest BCUT2D eigenvalue weighted by Crippen LogP contribution is 2.35. The fourth-order valence-corrected chi connectivity index (χ4v) is 3.72. The van der Waals surface area contributed by atoms with Crippen LogP contribution in [0.15, 0.2) is 12.1 Å². The maximum absolute atomic E-state index is 12.0. The molecule has 5 nitrogen and oxygen atoms in total. The third-order valence-electron chi connectivity index (χ3n) is 4.79. The number of methoxy groups -OCH3 is 1. The van der Waals surface area contributed by atoms with Crippen molar-refractivity contribution in [3.63, 3.8) is 0 Å². The van der Waals surface area contributed by atoms with Crippen LogP contribution in [0.2, 0.25) is 0 Å². The summed E-state index contributed by atoms with van der Waals surface area (Å²) in [6.07, 6.45) is 1.04. The molecule has 2 N–H and O–H groups in total. The number of carbonyl (C=O) groups is 1. The summed E-state index contributed by atoms with van der Waals surface area (Å²) in [4.78, 5) is 14.3. The first-order valence-electron chi connectivity index (χ1n) is 8.14. The predicted octanol–water partition coefficient (Wildman–Crippen LogP) is 2.48. The summed E-state index contributed by atoms with van der Waals surface area (Å²) >= 11 is 0. The Morgan fingerprint density at radius 1 is 1.35 bits per heavy atom. The molecule has 23 heavy (non-hydrogen) atoms. The summed E-state index contributed by atoms with van der Waals surface area (Å²) in [5, 5.41) is 1.09. The molecule has 0 fully saturated rings. The van der Waals surface area contributed by atoms with Crippen molar-refractivity contribution >= 4 is 16.9 Å². The van der Waals surface area contributed by atoms with E-state index < -0.39 is 6.04 Å². The molecule has 2 aromatic rings. The molecule has 1 aromatic heterocycles. The lowest BCUT2D eigenvalue weighted by Gasteiger charge is -2.11. The normalized spacial score (nSPS) is 15.9. The van der Waals surface area contributed by atoms with Gasteiger partial charge in [-0.25, -0.2) is 0 Å². The number of ether oxygens (including phenoxy) is 1. The number of fused-ring (bicyclic) bond motifs is 2. The molecular formula is C18H25N3O2. The van der Waals surface area contributed by atoms with Crippen LogP contribution in [-0.2, 0) is 29.2 Å². The van der Waals surface area contributed by atoms with Gasteiger partial charge in [0.05, 0.1) is 7.11 Å². The summed E-state index contributed by atoms with van der Waals surface area (Å²) < 4.78 is 7.15. The third-order valence-corrected chi connectivity index (χ3v) is 4.79. The fourth-order valence-electron chi connectivity index (χ4n) is 3.72. The van der Waals surface area contributed by atoms with Crippen LogP contribution in [0.5, 0.6) is 0 Å². The van der Waals surface area contributed by atoms with E-state index in [4.69, 9.17) is 10.5 Å². The topological polar surface area (TPSA) is 60.5 Å². The van der Waals surface area contributed by atoms with E-state index in [0.717, 1.165) is 42.7 Å². The summed E-state index contributed by atoms with van der Waals surface area (Å²) in [6, 6.07) is 3.74. The van der Waals surface area contributed by atoms with Gasteiger partial charge < -0.3 is 15.0 Å². The van der Waals surface area contributed by atoms with Crippen LogP contribution >= 0.6 is 0 Å². The maximum Gasteiger partial charge on any atom is 0.327 e. The van der Waals surface area contributed by atoms with Crippen molar-refractivity contribution < 1.29 is 9.53 Å². The lowest BCUT2D eigenvalue weighted by molar-refractivity contribution is -0.142. The molecule has 0 spiro atoms. The van der Waals surface area contributed by atoms with Crippen LogP contribution < -0.4 is 5.73 Å². The minimum atomic E-state index is -0.738. The second kappa shape index (κ2) is 5.98. The minimum absolute atomic E-state index is 0.388. The molecule has 3 rings (SSSR count). The summed E-state index contributed by atoms with van der Waals surface area (Å²) in [5.41, 5.74) is 12.0. The van der Waals surface area contributed by atoms with E-state index in [0.29, 0.717) is 0 Å². The van der Waals surface area contributed by atoms with Gasteiger partial charge in [-0.3, -0.25) is 9.69 Å². The Morgan fingerprint density at radius 3 is 2.61 bits per heavy atom. The number of esters is 1. The highest BCUT2D eigenvalue weighted by Gasteiger charge is 2.27. The van der Waals surface area contributed by atoms with Gasteiger partial charge in [0.2, 0.25) is 0 Å². The van der Waals surface area contributed by atoms with Gasteiger partial charge in [-0.1, -0.05) is 6.92 Å². The summed E-state index contributed by atoms with van der Waals surface area (Å²) in [6.45, 7) is 7.04. The molecule has 0 radical (unpaired) electrons. The highest BCUT2D eigenvalue weighted by atomic mass is 16.5. The number of aromatic nitrogens is 1. The van der Waals surface area contributed by atoms with Gasteiger partial charge in [0, 0.05) is 41.8 Å². The van der Waals surface area contributed by atoms with Crippen LogP contribution in [-0.4, -0.2) is 29.6 Å². The average Bonchev–Trinajstić information content (AvgIpc) is 3.01. The molecular weight excluding hydrogens is 290 g/mol. The maximum atomic E-state index is 12.0. The number of nitrogens with two attached hydrogens (primary N) is 1. The van der Waals surface area contributed by atoms with Gasteiger partial charge in [-0.15, -0.1) is 0 Å². The molecule has 1 aromatic carbocycles. The first kappa shape index (κ1) is 16.0. The van der Waals surface area contributed by atoms with Crippen LogP contribution in [0, 0.1) is 6.92 Å². The van der Waals surface area contributed by atoms with Gasteiger partial charge in [-0.05, 0) is 43.7 Å². The van der Waals surface area contributed by atoms with E-state index >= 15 is 0 Å². The van der Waals surface area contributed by atoms with Gasteiger partial charge in [-0.2, -0.15) is 0 Å². The quantitative estimate of drug-likeness (QED) is 0.881. The molecule has 0 saturated carbocycles. The first-order valence-corrected chi connectivity index (χ1v) is 8.14. The van der Waals surface area contributed by atoms with Crippen LogP contribution in [0.25, 0.3) is 10.9 Å². The number of hydrogen-bond acceptors (Lipinski definition) is 4. The monoisotopic (exact) mass is 315 g/mol. The number of carbonyl (C=O) groups excluding carboxylic acids is 1. The second-order valence-corrected chi connectivity index (χ2v) is 6.46. The molecule has 0 amide bonds. The van der Waals surface area contributed by atoms with E-state index in [1.54, 1.807) is 0 Å². The zero-order chi connectivity index (χ0) is 16.7. The largest absolute Gasteiger partial charge is 0.468 e.